The number of ether oxygens (including phenoxy) is 1. The highest BCUT2D eigenvalue weighted by molar-refractivity contribution is 8.87. The topological polar surface area (TPSA) is 33.0 Å². The molecule has 0 N–H and O–H groups in total. The molecule has 0 aliphatic rings. The SMILES string of the molecule is CS(C)(S)c1ccc(OC(F)F)c(C#N)c1. The third-order valence-corrected chi connectivity index (χ3v) is 3.90. The Balaban J connectivity index is 3.13. The second-order valence-corrected chi connectivity index (χ2v) is 9.18. The molecule has 0 spiro atoms. The first-order chi connectivity index (χ1) is 7.34. The Morgan fingerprint density at radius 3 is 2.50 bits per heavy atom. The Hall–Kier alpha value is -0.930. The predicted octanol–water partition coefficient (Wildman–Crippen LogP) is 3.43. The van der Waals surface area contributed by atoms with Gasteiger partial charge in [-0.1, -0.05) is 0 Å². The number of hydrogen-bond donors (Lipinski definition) is 1. The van der Waals surface area contributed by atoms with Gasteiger partial charge in [0.15, 0.2) is 0 Å². The normalized spacial score (nSPS) is 12.3. The molecule has 0 heterocycles. The van der Waals surface area contributed by atoms with Crippen LogP contribution in [0.2, 0.25) is 0 Å². The van der Waals surface area contributed by atoms with Crippen molar-refractivity contribution in [2.75, 3.05) is 12.5 Å². The molecule has 88 valence electrons. The average Bonchev–Trinajstić information content (AvgIpc) is 2.15. The van der Waals surface area contributed by atoms with Gasteiger partial charge in [0, 0.05) is 0 Å². The van der Waals surface area contributed by atoms with E-state index in [1.807, 2.05) is 18.6 Å². The molecule has 6 heteroatoms. The van der Waals surface area contributed by atoms with Gasteiger partial charge in [-0.3, -0.25) is 0 Å². The molecule has 0 aliphatic carbocycles. The van der Waals surface area contributed by atoms with E-state index in [-0.39, 0.29) is 11.3 Å². The quantitative estimate of drug-likeness (QED) is 0.669. The van der Waals surface area contributed by atoms with Crippen molar-refractivity contribution in [1.82, 2.24) is 0 Å². The maximum Gasteiger partial charge on any atom is 0.387 e. The average molecular weight is 263 g/mol. The fraction of sp³-hybridized carbons (Fsp3) is 0.300. The number of alkyl halides is 2. The van der Waals surface area contributed by atoms with Gasteiger partial charge in [-0.25, -0.2) is 0 Å². The lowest BCUT2D eigenvalue weighted by atomic mass is 10.2. The summed E-state index contributed by atoms with van der Waals surface area (Å²) >= 11 is 4.42. The van der Waals surface area contributed by atoms with Crippen molar-refractivity contribution in [3.8, 4) is 11.8 Å². The minimum Gasteiger partial charge on any atom is -0.433 e. The fourth-order valence-electron chi connectivity index (χ4n) is 1.11. The molecule has 0 radical (unpaired) electrons. The summed E-state index contributed by atoms with van der Waals surface area (Å²) < 4.78 is 28.3. The first kappa shape index (κ1) is 13.1. The molecule has 2 nitrogen and oxygen atoms in total. The number of benzene rings is 1. The van der Waals surface area contributed by atoms with E-state index >= 15 is 0 Å². The smallest absolute Gasteiger partial charge is 0.387 e. The molecular formula is C10H11F2NOS2. The lowest BCUT2D eigenvalue weighted by Gasteiger charge is -2.24. The summed E-state index contributed by atoms with van der Waals surface area (Å²) in [4.78, 5) is 0.856. The van der Waals surface area contributed by atoms with Crippen LogP contribution in [-0.2, 0) is 0 Å². The molecule has 0 saturated heterocycles. The van der Waals surface area contributed by atoms with E-state index in [2.05, 4.69) is 16.4 Å². The lowest BCUT2D eigenvalue weighted by Crippen LogP contribution is -2.03. The molecule has 16 heavy (non-hydrogen) atoms. The zero-order chi connectivity index (χ0) is 12.3. The Kier molecular flexibility index (Phi) is 4.05. The Morgan fingerprint density at radius 2 is 2.06 bits per heavy atom. The Labute approximate surface area is 99.3 Å². The Bertz CT molecular complexity index is 424. The van der Waals surface area contributed by atoms with Crippen LogP contribution in [0.3, 0.4) is 0 Å². The molecular weight excluding hydrogens is 252 g/mol. The molecule has 0 bridgehead atoms. The van der Waals surface area contributed by atoms with Gasteiger partial charge in [0.05, 0.1) is 5.56 Å². The molecule has 0 fully saturated rings. The molecule has 0 amide bonds. The maximum absolute atomic E-state index is 12.0. The number of thiol groups is 1. The molecule has 1 rings (SSSR count). The van der Waals surface area contributed by atoms with Crippen LogP contribution in [0.1, 0.15) is 5.56 Å². The number of halogens is 2. The van der Waals surface area contributed by atoms with Crippen LogP contribution in [0.4, 0.5) is 8.78 Å². The van der Waals surface area contributed by atoms with Gasteiger partial charge in [0.2, 0.25) is 0 Å². The summed E-state index contributed by atoms with van der Waals surface area (Å²) in [6.45, 7) is -2.92. The van der Waals surface area contributed by atoms with Crippen LogP contribution in [0.5, 0.6) is 5.75 Å². The summed E-state index contributed by atoms with van der Waals surface area (Å²) in [7, 11) is -1.28. The first-order valence-corrected chi connectivity index (χ1v) is 7.79. The van der Waals surface area contributed by atoms with Gasteiger partial charge in [0.25, 0.3) is 0 Å². The molecule has 0 aliphatic heterocycles. The zero-order valence-corrected chi connectivity index (χ0v) is 10.5. The van der Waals surface area contributed by atoms with E-state index in [1.54, 1.807) is 12.1 Å². The van der Waals surface area contributed by atoms with Crippen molar-refractivity contribution < 1.29 is 13.5 Å². The maximum atomic E-state index is 12.0. The van der Waals surface area contributed by atoms with Gasteiger partial charge in [0.1, 0.15) is 11.8 Å². The van der Waals surface area contributed by atoms with E-state index in [0.717, 1.165) is 4.90 Å². The standard InChI is InChI=1S/C10H11F2NOS2/c1-16(2,15)8-3-4-9(14-10(11)12)7(5-8)6-13/h3-5,10,15H,1-2H3. The Morgan fingerprint density at radius 1 is 1.44 bits per heavy atom. The summed E-state index contributed by atoms with van der Waals surface area (Å²) in [5, 5.41) is 8.83. The molecule has 1 aromatic carbocycles. The molecule has 0 saturated carbocycles. The van der Waals surface area contributed by atoms with E-state index in [1.165, 1.54) is 6.07 Å². The molecule has 0 aromatic heterocycles. The largest absolute Gasteiger partial charge is 0.433 e. The highest BCUT2D eigenvalue weighted by Gasteiger charge is 2.14. The minimum absolute atomic E-state index is 0.0989. The van der Waals surface area contributed by atoms with Crippen molar-refractivity contribution >= 4 is 20.7 Å². The molecule has 0 unspecified atom stereocenters. The number of hydrogen-bond acceptors (Lipinski definition) is 3. The highest BCUT2D eigenvalue weighted by Crippen LogP contribution is 2.53. The zero-order valence-electron chi connectivity index (χ0n) is 8.78. The summed E-state index contributed by atoms with van der Waals surface area (Å²) in [5.74, 6) is -0.0989. The fourth-order valence-corrected chi connectivity index (χ4v) is 2.25. The number of nitriles is 1. The summed E-state index contributed by atoms with van der Waals surface area (Å²) in [6, 6.07) is 6.41. The highest BCUT2D eigenvalue weighted by atomic mass is 33.1. The summed E-state index contributed by atoms with van der Waals surface area (Å²) in [5.41, 5.74) is 0.104. The van der Waals surface area contributed by atoms with Crippen LogP contribution in [0, 0.1) is 11.3 Å². The number of nitrogens with zero attached hydrogens (tertiary/aromatic N) is 1. The molecule has 0 atom stereocenters. The van der Waals surface area contributed by atoms with Crippen LogP contribution >= 0.6 is 20.7 Å². The van der Waals surface area contributed by atoms with Crippen molar-refractivity contribution in [3.05, 3.63) is 23.8 Å². The van der Waals surface area contributed by atoms with Crippen LogP contribution in [0.15, 0.2) is 23.1 Å². The lowest BCUT2D eigenvalue weighted by molar-refractivity contribution is -0.0500. The number of rotatable bonds is 3. The van der Waals surface area contributed by atoms with Crippen molar-refractivity contribution in [1.29, 1.82) is 5.26 Å². The first-order valence-electron chi connectivity index (χ1n) is 4.29. The van der Waals surface area contributed by atoms with E-state index in [9.17, 15) is 8.78 Å². The van der Waals surface area contributed by atoms with Gasteiger partial charge in [-0.05, 0) is 35.6 Å². The molecule has 1 aromatic rings. The third kappa shape index (κ3) is 3.29. The van der Waals surface area contributed by atoms with Gasteiger partial charge in [-0.2, -0.15) is 23.1 Å². The van der Waals surface area contributed by atoms with Gasteiger partial charge < -0.3 is 4.74 Å². The van der Waals surface area contributed by atoms with Gasteiger partial charge >= 0.3 is 6.61 Å². The monoisotopic (exact) mass is 263 g/mol. The van der Waals surface area contributed by atoms with Gasteiger partial charge in [-0.15, -0.1) is 11.7 Å². The van der Waals surface area contributed by atoms with Crippen LogP contribution < -0.4 is 4.74 Å². The third-order valence-electron chi connectivity index (χ3n) is 1.86. The van der Waals surface area contributed by atoms with Crippen molar-refractivity contribution in [3.63, 3.8) is 0 Å². The van der Waals surface area contributed by atoms with E-state index < -0.39 is 15.7 Å². The summed E-state index contributed by atoms with van der Waals surface area (Å²) in [6.07, 6.45) is 3.86. The van der Waals surface area contributed by atoms with Crippen LogP contribution in [-0.4, -0.2) is 19.1 Å². The van der Waals surface area contributed by atoms with E-state index in [0.29, 0.717) is 0 Å². The van der Waals surface area contributed by atoms with Crippen molar-refractivity contribution in [2.24, 2.45) is 0 Å². The van der Waals surface area contributed by atoms with Crippen molar-refractivity contribution in [2.45, 2.75) is 11.5 Å². The minimum atomic E-state index is -2.92. The van der Waals surface area contributed by atoms with E-state index in [4.69, 9.17) is 5.26 Å². The second-order valence-electron chi connectivity index (χ2n) is 3.42. The van der Waals surface area contributed by atoms with Crippen LogP contribution in [0.25, 0.3) is 0 Å². The predicted molar refractivity (Wildman–Crippen MR) is 64.5 cm³/mol. The second kappa shape index (κ2) is 4.93.